The summed E-state index contributed by atoms with van der Waals surface area (Å²) in [6.45, 7) is 5.53. The van der Waals surface area contributed by atoms with Crippen molar-refractivity contribution in [3.63, 3.8) is 0 Å². The maximum absolute atomic E-state index is 5.99. The molecule has 0 bridgehead atoms. The summed E-state index contributed by atoms with van der Waals surface area (Å²) < 4.78 is 12.0. The Balaban J connectivity index is 1.83. The molecule has 2 N–H and O–H groups in total. The number of likely N-dealkylation sites (N-methyl/N-ethyl adjacent to an activating group) is 1. The number of benzene rings is 1. The van der Waals surface area contributed by atoms with Gasteiger partial charge in [-0.2, -0.15) is 4.98 Å². The van der Waals surface area contributed by atoms with Gasteiger partial charge in [0.2, 0.25) is 5.82 Å². The molecule has 1 aliphatic rings. The molecule has 0 aliphatic carbocycles. The van der Waals surface area contributed by atoms with Crippen LogP contribution in [0.5, 0.6) is 0 Å². The van der Waals surface area contributed by atoms with Crippen LogP contribution in [0.2, 0.25) is 0 Å². The summed E-state index contributed by atoms with van der Waals surface area (Å²) in [5, 5.41) is 4.04. The van der Waals surface area contributed by atoms with Gasteiger partial charge in [0.05, 0.1) is 12.2 Å². The zero-order chi connectivity index (χ0) is 14.8. The van der Waals surface area contributed by atoms with Crippen LogP contribution in [-0.4, -0.2) is 41.3 Å². The van der Waals surface area contributed by atoms with E-state index in [2.05, 4.69) is 37.9 Å². The SMILES string of the molecule is CCN1CCOC(c2noc(-c3ccc(Br)cc3N)n2)C1. The fraction of sp³-hybridized carbons (Fsp3) is 0.429. The number of hydrogen-bond acceptors (Lipinski definition) is 6. The number of halogens is 1. The van der Waals surface area contributed by atoms with Crippen LogP contribution in [0.4, 0.5) is 5.69 Å². The Kier molecular flexibility index (Phi) is 4.23. The van der Waals surface area contributed by atoms with E-state index >= 15 is 0 Å². The highest BCUT2D eigenvalue weighted by atomic mass is 79.9. The molecule has 1 fully saturated rings. The predicted octanol–water partition coefficient (Wildman–Crippen LogP) is 2.47. The monoisotopic (exact) mass is 352 g/mol. The van der Waals surface area contributed by atoms with Gasteiger partial charge in [-0.05, 0) is 24.7 Å². The van der Waals surface area contributed by atoms with Crippen molar-refractivity contribution in [3.8, 4) is 11.5 Å². The largest absolute Gasteiger partial charge is 0.398 e. The first-order valence-electron chi connectivity index (χ1n) is 6.90. The number of rotatable bonds is 3. The maximum Gasteiger partial charge on any atom is 0.260 e. The van der Waals surface area contributed by atoms with Crippen LogP contribution in [0.15, 0.2) is 27.2 Å². The van der Waals surface area contributed by atoms with Gasteiger partial charge >= 0.3 is 0 Å². The van der Waals surface area contributed by atoms with Crippen LogP contribution < -0.4 is 5.73 Å². The Bertz CT molecular complexity index is 631. The average molecular weight is 353 g/mol. The summed E-state index contributed by atoms with van der Waals surface area (Å²) in [6, 6.07) is 5.57. The van der Waals surface area contributed by atoms with E-state index in [1.807, 2.05) is 18.2 Å². The van der Waals surface area contributed by atoms with Crippen LogP contribution in [0, 0.1) is 0 Å². The Morgan fingerprint density at radius 2 is 2.33 bits per heavy atom. The number of anilines is 1. The molecule has 1 saturated heterocycles. The van der Waals surface area contributed by atoms with E-state index in [4.69, 9.17) is 15.0 Å². The number of ether oxygens (including phenoxy) is 1. The van der Waals surface area contributed by atoms with E-state index in [0.29, 0.717) is 24.0 Å². The highest BCUT2D eigenvalue weighted by Gasteiger charge is 2.26. The molecule has 21 heavy (non-hydrogen) atoms. The third-order valence-corrected chi connectivity index (χ3v) is 4.06. The smallest absolute Gasteiger partial charge is 0.260 e. The zero-order valence-electron chi connectivity index (χ0n) is 11.8. The second kappa shape index (κ2) is 6.13. The van der Waals surface area contributed by atoms with Gasteiger partial charge < -0.3 is 15.0 Å². The van der Waals surface area contributed by atoms with E-state index in [9.17, 15) is 0 Å². The van der Waals surface area contributed by atoms with Gasteiger partial charge in [0.15, 0.2) is 0 Å². The van der Waals surface area contributed by atoms with E-state index in [1.54, 1.807) is 0 Å². The first-order valence-corrected chi connectivity index (χ1v) is 7.69. The topological polar surface area (TPSA) is 77.4 Å². The quantitative estimate of drug-likeness (QED) is 0.855. The fourth-order valence-corrected chi connectivity index (χ4v) is 2.73. The molecule has 3 rings (SSSR count). The van der Waals surface area contributed by atoms with Crippen molar-refractivity contribution >= 4 is 21.6 Å². The van der Waals surface area contributed by atoms with Crippen molar-refractivity contribution in [1.82, 2.24) is 15.0 Å². The number of morpholine rings is 1. The van der Waals surface area contributed by atoms with Crippen molar-refractivity contribution in [2.75, 3.05) is 32.0 Å². The number of nitrogen functional groups attached to an aromatic ring is 1. The third-order valence-electron chi connectivity index (χ3n) is 3.57. The molecule has 0 spiro atoms. The molecule has 1 aliphatic heterocycles. The molecule has 112 valence electrons. The Hall–Kier alpha value is -1.44. The highest BCUT2D eigenvalue weighted by molar-refractivity contribution is 9.10. The minimum absolute atomic E-state index is 0.145. The van der Waals surface area contributed by atoms with Crippen molar-refractivity contribution in [1.29, 1.82) is 0 Å². The van der Waals surface area contributed by atoms with Gasteiger partial charge in [-0.1, -0.05) is 28.0 Å². The van der Waals surface area contributed by atoms with Crippen molar-refractivity contribution in [3.05, 3.63) is 28.5 Å². The number of hydrogen-bond donors (Lipinski definition) is 1. The van der Waals surface area contributed by atoms with Crippen molar-refractivity contribution < 1.29 is 9.26 Å². The van der Waals surface area contributed by atoms with Crippen molar-refractivity contribution in [2.24, 2.45) is 0 Å². The van der Waals surface area contributed by atoms with Gasteiger partial charge in [-0.3, -0.25) is 4.90 Å². The Labute approximate surface area is 131 Å². The molecule has 0 radical (unpaired) electrons. The standard InChI is InChI=1S/C14H17BrN4O2/c1-2-19-5-6-20-12(8-19)13-17-14(21-18-13)10-4-3-9(15)7-11(10)16/h3-4,7,12H,2,5-6,8,16H2,1H3. The summed E-state index contributed by atoms with van der Waals surface area (Å²) in [5.74, 6) is 0.998. The summed E-state index contributed by atoms with van der Waals surface area (Å²) in [4.78, 5) is 6.74. The van der Waals surface area contributed by atoms with E-state index in [1.165, 1.54) is 0 Å². The van der Waals surface area contributed by atoms with Gasteiger partial charge in [0.25, 0.3) is 5.89 Å². The lowest BCUT2D eigenvalue weighted by Gasteiger charge is -2.30. The molecule has 1 aromatic carbocycles. The summed E-state index contributed by atoms with van der Waals surface area (Å²) in [5.41, 5.74) is 7.32. The summed E-state index contributed by atoms with van der Waals surface area (Å²) in [6.07, 6.45) is -0.145. The lowest BCUT2D eigenvalue weighted by molar-refractivity contribution is -0.0334. The molecular weight excluding hydrogens is 336 g/mol. The van der Waals surface area contributed by atoms with Gasteiger partial charge in [0, 0.05) is 23.2 Å². The molecule has 2 aromatic rings. The van der Waals surface area contributed by atoms with E-state index < -0.39 is 0 Å². The average Bonchev–Trinajstić information content (AvgIpc) is 2.97. The second-order valence-electron chi connectivity index (χ2n) is 4.94. The molecule has 1 unspecified atom stereocenters. The minimum atomic E-state index is -0.145. The molecule has 2 heterocycles. The highest BCUT2D eigenvalue weighted by Crippen LogP contribution is 2.29. The maximum atomic E-state index is 5.99. The normalized spacial score (nSPS) is 19.8. The lowest BCUT2D eigenvalue weighted by Crippen LogP contribution is -2.38. The Morgan fingerprint density at radius 3 is 3.10 bits per heavy atom. The zero-order valence-corrected chi connectivity index (χ0v) is 13.3. The first-order chi connectivity index (χ1) is 10.2. The second-order valence-corrected chi connectivity index (χ2v) is 5.86. The number of nitrogens with two attached hydrogens (primary N) is 1. The predicted molar refractivity (Wildman–Crippen MR) is 82.7 cm³/mol. The van der Waals surface area contributed by atoms with Crippen LogP contribution in [0.3, 0.4) is 0 Å². The van der Waals surface area contributed by atoms with Crippen LogP contribution >= 0.6 is 15.9 Å². The van der Waals surface area contributed by atoms with Gasteiger partial charge in [0.1, 0.15) is 6.10 Å². The molecular formula is C14H17BrN4O2. The van der Waals surface area contributed by atoms with Crippen LogP contribution in [0.1, 0.15) is 18.9 Å². The molecule has 0 amide bonds. The van der Waals surface area contributed by atoms with Crippen LogP contribution in [0.25, 0.3) is 11.5 Å². The van der Waals surface area contributed by atoms with Crippen molar-refractivity contribution in [2.45, 2.75) is 13.0 Å². The van der Waals surface area contributed by atoms with Gasteiger partial charge in [-0.25, -0.2) is 0 Å². The lowest BCUT2D eigenvalue weighted by atomic mass is 10.2. The van der Waals surface area contributed by atoms with E-state index in [-0.39, 0.29) is 6.10 Å². The first kappa shape index (κ1) is 14.5. The van der Waals surface area contributed by atoms with E-state index in [0.717, 1.165) is 29.7 Å². The number of aromatic nitrogens is 2. The molecule has 0 saturated carbocycles. The minimum Gasteiger partial charge on any atom is -0.398 e. The molecule has 1 atom stereocenters. The summed E-state index contributed by atoms with van der Waals surface area (Å²) in [7, 11) is 0. The van der Waals surface area contributed by atoms with Gasteiger partial charge in [-0.15, -0.1) is 0 Å². The molecule has 6 nitrogen and oxygen atoms in total. The molecule has 7 heteroatoms. The summed E-state index contributed by atoms with van der Waals surface area (Å²) >= 11 is 3.38. The number of nitrogens with zero attached hydrogens (tertiary/aromatic N) is 3. The Morgan fingerprint density at radius 1 is 1.48 bits per heavy atom. The third kappa shape index (κ3) is 3.09. The molecule has 1 aromatic heterocycles. The van der Waals surface area contributed by atoms with Crippen LogP contribution in [-0.2, 0) is 4.74 Å². The fourth-order valence-electron chi connectivity index (χ4n) is 2.35.